The number of ketones is 1. The van der Waals surface area contributed by atoms with Gasteiger partial charge in [-0.2, -0.15) is 0 Å². The van der Waals surface area contributed by atoms with Crippen molar-refractivity contribution in [1.82, 2.24) is 0 Å². The van der Waals surface area contributed by atoms with Gasteiger partial charge in [0.05, 0.1) is 4.83 Å². The number of Topliss-reactive ketones (excluding diaryl/α,β-unsaturated/α-hetero) is 1. The summed E-state index contributed by atoms with van der Waals surface area (Å²) < 4.78 is 0. The quantitative estimate of drug-likeness (QED) is 0.511. The number of carbonyl (C=O) groups is 1. The van der Waals surface area contributed by atoms with Gasteiger partial charge >= 0.3 is 0 Å². The Morgan fingerprint density at radius 1 is 1.64 bits per heavy atom. The van der Waals surface area contributed by atoms with E-state index in [1.165, 1.54) is 0 Å². The molecule has 0 amide bonds. The third-order valence-electron chi connectivity index (χ3n) is 1.86. The molecule has 0 spiro atoms. The van der Waals surface area contributed by atoms with Crippen LogP contribution in [0.1, 0.15) is 22.8 Å². The van der Waals surface area contributed by atoms with Crippen molar-refractivity contribution in [1.29, 1.82) is 0 Å². The number of carbonyl (C=O) groups excluding carboxylic acids is 1. The Labute approximate surface area is 102 Å². The van der Waals surface area contributed by atoms with Crippen LogP contribution in [-0.4, -0.2) is 10.6 Å². The summed E-state index contributed by atoms with van der Waals surface area (Å²) in [7, 11) is 0. The smallest absolute Gasteiger partial charge is 0.176 e. The summed E-state index contributed by atoms with van der Waals surface area (Å²) in [5.41, 5.74) is 1.50. The van der Waals surface area contributed by atoms with Crippen LogP contribution in [-0.2, 0) is 5.88 Å². The lowest BCUT2D eigenvalue weighted by atomic mass is 10.0. The topological polar surface area (TPSA) is 17.1 Å². The number of hydrogen-bond acceptors (Lipinski definition) is 2. The van der Waals surface area contributed by atoms with Crippen molar-refractivity contribution in [3.05, 3.63) is 29.3 Å². The molecule has 0 aliphatic heterocycles. The lowest BCUT2D eigenvalue weighted by Gasteiger charge is -2.08. The Hall–Kier alpha value is 0.01000. The Kier molecular flexibility index (Phi) is 4.48. The van der Waals surface area contributed by atoms with Gasteiger partial charge in [0.2, 0.25) is 0 Å². The maximum atomic E-state index is 11.7. The monoisotopic (exact) mass is 292 g/mol. The van der Waals surface area contributed by atoms with E-state index in [1.807, 2.05) is 6.07 Å². The lowest BCUT2D eigenvalue weighted by Crippen LogP contribution is -2.12. The van der Waals surface area contributed by atoms with Gasteiger partial charge in [0.15, 0.2) is 5.78 Å². The van der Waals surface area contributed by atoms with Gasteiger partial charge in [0.25, 0.3) is 0 Å². The Bertz CT molecular complexity index is 352. The zero-order valence-electron chi connectivity index (χ0n) is 7.63. The van der Waals surface area contributed by atoms with E-state index in [9.17, 15) is 4.79 Å². The Morgan fingerprint density at radius 3 is 2.79 bits per heavy atom. The first kappa shape index (κ1) is 12.1. The third kappa shape index (κ3) is 2.75. The van der Waals surface area contributed by atoms with Crippen molar-refractivity contribution in [3.8, 4) is 0 Å². The van der Waals surface area contributed by atoms with Crippen LogP contribution in [0.4, 0.5) is 0 Å². The largest absolute Gasteiger partial charge is 0.293 e. The zero-order chi connectivity index (χ0) is 10.7. The lowest BCUT2D eigenvalue weighted by molar-refractivity contribution is 0.0995. The molecule has 0 saturated heterocycles. The number of benzene rings is 1. The molecule has 0 aliphatic carbocycles. The summed E-state index contributed by atoms with van der Waals surface area (Å²) in [4.78, 5) is 12.3. The average molecular weight is 294 g/mol. The van der Waals surface area contributed by atoms with Gasteiger partial charge in [-0.3, -0.25) is 4.79 Å². The molecule has 1 aromatic carbocycles. The first-order chi connectivity index (χ1) is 6.56. The first-order valence-electron chi connectivity index (χ1n) is 4.12. The summed E-state index contributed by atoms with van der Waals surface area (Å²) in [5.74, 6) is 0.379. The molecule has 0 bridgehead atoms. The Balaban J connectivity index is 3.14. The van der Waals surface area contributed by atoms with Gasteiger partial charge in [0, 0.05) is 16.3 Å². The highest BCUT2D eigenvalue weighted by Crippen LogP contribution is 2.20. The molecule has 0 aromatic heterocycles. The number of halogens is 2. The number of rotatable bonds is 3. The minimum Gasteiger partial charge on any atom is -0.293 e. The van der Waals surface area contributed by atoms with E-state index in [2.05, 4.69) is 28.6 Å². The molecule has 0 aliphatic rings. The second-order valence-electron chi connectivity index (χ2n) is 2.96. The molecular weight excluding hydrogens is 284 g/mol. The average Bonchev–Trinajstić information content (AvgIpc) is 2.16. The molecule has 0 heterocycles. The summed E-state index contributed by atoms with van der Waals surface area (Å²) >= 11 is 13.2. The summed E-state index contributed by atoms with van der Waals surface area (Å²) in [6.07, 6.45) is 0. The van der Waals surface area contributed by atoms with E-state index >= 15 is 0 Å². The van der Waals surface area contributed by atoms with Crippen molar-refractivity contribution in [2.75, 3.05) is 0 Å². The molecule has 1 atom stereocenters. The van der Waals surface area contributed by atoms with E-state index in [0.717, 1.165) is 10.5 Å². The van der Waals surface area contributed by atoms with Crippen LogP contribution in [0.15, 0.2) is 23.1 Å². The molecule has 0 N–H and O–H groups in total. The van der Waals surface area contributed by atoms with Gasteiger partial charge < -0.3 is 0 Å². The van der Waals surface area contributed by atoms with Crippen LogP contribution in [0.25, 0.3) is 0 Å². The summed E-state index contributed by atoms with van der Waals surface area (Å²) in [5, 5.41) is 0. The van der Waals surface area contributed by atoms with Crippen LogP contribution in [0.2, 0.25) is 0 Å². The summed E-state index contributed by atoms with van der Waals surface area (Å²) in [6.45, 7) is 1.80. The summed E-state index contributed by atoms with van der Waals surface area (Å²) in [6, 6.07) is 5.38. The molecular formula is C10H10BrClOS. The fraction of sp³-hybridized carbons (Fsp3) is 0.300. The van der Waals surface area contributed by atoms with E-state index in [-0.39, 0.29) is 10.6 Å². The van der Waals surface area contributed by atoms with Gasteiger partial charge in [-0.25, -0.2) is 0 Å². The second kappa shape index (κ2) is 5.19. The van der Waals surface area contributed by atoms with Crippen molar-refractivity contribution in [2.24, 2.45) is 0 Å². The molecule has 0 radical (unpaired) electrons. The normalized spacial score (nSPS) is 12.6. The van der Waals surface area contributed by atoms with Crippen LogP contribution in [0, 0.1) is 0 Å². The molecule has 1 nitrogen and oxygen atoms in total. The standard InChI is InChI=1S/C10H10BrClOS/c1-6(11)10(13)9-3-2-8(14)4-7(9)5-12/h2-4,6,14H,5H2,1H3. The van der Waals surface area contributed by atoms with Crippen LogP contribution >= 0.6 is 40.2 Å². The van der Waals surface area contributed by atoms with E-state index in [1.54, 1.807) is 19.1 Å². The van der Waals surface area contributed by atoms with Crippen LogP contribution < -0.4 is 0 Å². The zero-order valence-corrected chi connectivity index (χ0v) is 10.9. The molecule has 1 aromatic rings. The van der Waals surface area contributed by atoms with Crippen molar-refractivity contribution >= 4 is 45.9 Å². The maximum Gasteiger partial charge on any atom is 0.176 e. The predicted octanol–water partition coefficient (Wildman–Crippen LogP) is 3.68. The minimum atomic E-state index is -0.185. The highest BCUT2D eigenvalue weighted by molar-refractivity contribution is 9.10. The highest BCUT2D eigenvalue weighted by atomic mass is 79.9. The molecule has 76 valence electrons. The molecule has 1 unspecified atom stereocenters. The van der Waals surface area contributed by atoms with E-state index in [0.29, 0.717) is 11.4 Å². The van der Waals surface area contributed by atoms with Gasteiger partial charge in [-0.15, -0.1) is 24.2 Å². The Morgan fingerprint density at radius 2 is 2.29 bits per heavy atom. The minimum absolute atomic E-state index is 0.0500. The van der Waals surface area contributed by atoms with Crippen LogP contribution in [0.5, 0.6) is 0 Å². The second-order valence-corrected chi connectivity index (χ2v) is 5.11. The molecule has 14 heavy (non-hydrogen) atoms. The third-order valence-corrected chi connectivity index (χ3v) is 2.84. The van der Waals surface area contributed by atoms with Crippen molar-refractivity contribution < 1.29 is 4.79 Å². The van der Waals surface area contributed by atoms with Crippen molar-refractivity contribution in [3.63, 3.8) is 0 Å². The number of thiol groups is 1. The fourth-order valence-electron chi connectivity index (χ4n) is 1.15. The molecule has 1 rings (SSSR count). The van der Waals surface area contributed by atoms with Crippen molar-refractivity contribution in [2.45, 2.75) is 22.5 Å². The predicted molar refractivity (Wildman–Crippen MR) is 66.0 cm³/mol. The van der Waals surface area contributed by atoms with Gasteiger partial charge in [0.1, 0.15) is 0 Å². The van der Waals surface area contributed by atoms with Crippen LogP contribution in [0.3, 0.4) is 0 Å². The van der Waals surface area contributed by atoms with E-state index in [4.69, 9.17) is 11.6 Å². The number of alkyl halides is 2. The SMILES string of the molecule is CC(Br)C(=O)c1ccc(S)cc1CCl. The van der Waals surface area contributed by atoms with Gasteiger partial charge in [-0.1, -0.05) is 15.9 Å². The molecule has 4 heteroatoms. The number of hydrogen-bond donors (Lipinski definition) is 1. The fourth-order valence-corrected chi connectivity index (χ4v) is 1.84. The van der Waals surface area contributed by atoms with Gasteiger partial charge in [-0.05, 0) is 30.7 Å². The maximum absolute atomic E-state index is 11.7. The highest BCUT2D eigenvalue weighted by Gasteiger charge is 2.15. The first-order valence-corrected chi connectivity index (χ1v) is 6.02. The molecule has 0 fully saturated rings. The molecule has 0 saturated carbocycles. The van der Waals surface area contributed by atoms with E-state index < -0.39 is 0 Å².